The van der Waals surface area contributed by atoms with Crippen LogP contribution in [0.1, 0.15) is 11.6 Å². The van der Waals surface area contributed by atoms with E-state index in [0.29, 0.717) is 0 Å². The van der Waals surface area contributed by atoms with E-state index >= 15 is 0 Å². The van der Waals surface area contributed by atoms with E-state index in [1.165, 1.54) is 0 Å². The van der Waals surface area contributed by atoms with Crippen LogP contribution in [-0.2, 0) is 0 Å². The van der Waals surface area contributed by atoms with E-state index in [1.807, 2.05) is 30.3 Å². The second kappa shape index (κ2) is 4.28. The van der Waals surface area contributed by atoms with Crippen LogP contribution >= 0.6 is 0 Å². The van der Waals surface area contributed by atoms with E-state index in [9.17, 15) is 10.2 Å². The van der Waals surface area contributed by atoms with Crippen molar-refractivity contribution >= 4 is 0 Å². The van der Waals surface area contributed by atoms with E-state index in [0.717, 1.165) is 5.56 Å². The standard InChI is InChI=1S/C11H15NO3/c13-6-8-10(14)11(15)9(12-8)7-4-2-1-3-5-7/h1-5,8-15H,6H2/t8-,9-,10+,11+/m0/s1. The maximum atomic E-state index is 9.79. The fraction of sp³-hybridized carbons (Fsp3) is 0.455. The second-order valence-corrected chi connectivity index (χ2v) is 3.83. The molecular weight excluding hydrogens is 194 g/mol. The molecule has 0 aliphatic carbocycles. The van der Waals surface area contributed by atoms with Crippen molar-refractivity contribution in [3.8, 4) is 0 Å². The average Bonchev–Trinajstić information content (AvgIpc) is 2.57. The van der Waals surface area contributed by atoms with Gasteiger partial charge in [0.1, 0.15) is 6.10 Å². The summed E-state index contributed by atoms with van der Waals surface area (Å²) in [5, 5.41) is 31.4. The molecule has 4 atom stereocenters. The third kappa shape index (κ3) is 1.89. The fourth-order valence-electron chi connectivity index (χ4n) is 1.98. The Kier molecular flexibility index (Phi) is 3.02. The van der Waals surface area contributed by atoms with Gasteiger partial charge in [0.15, 0.2) is 0 Å². The van der Waals surface area contributed by atoms with E-state index in [1.54, 1.807) is 0 Å². The Hall–Kier alpha value is -0.940. The van der Waals surface area contributed by atoms with E-state index in [4.69, 9.17) is 5.11 Å². The smallest absolute Gasteiger partial charge is 0.101 e. The monoisotopic (exact) mass is 209 g/mol. The lowest BCUT2D eigenvalue weighted by Crippen LogP contribution is -2.35. The molecule has 0 aromatic heterocycles. The van der Waals surface area contributed by atoms with Crippen molar-refractivity contribution in [3.63, 3.8) is 0 Å². The number of aliphatic hydroxyl groups excluding tert-OH is 3. The van der Waals surface area contributed by atoms with Crippen molar-refractivity contribution in [2.45, 2.75) is 24.3 Å². The normalized spacial score (nSPS) is 35.7. The van der Waals surface area contributed by atoms with Crippen LogP contribution in [0.4, 0.5) is 0 Å². The molecule has 0 unspecified atom stereocenters. The molecule has 4 nitrogen and oxygen atoms in total. The molecule has 1 aliphatic heterocycles. The molecule has 0 spiro atoms. The first kappa shape index (κ1) is 10.6. The van der Waals surface area contributed by atoms with Crippen molar-refractivity contribution in [1.82, 2.24) is 5.32 Å². The predicted molar refractivity (Wildman–Crippen MR) is 55.2 cm³/mol. The summed E-state index contributed by atoms with van der Waals surface area (Å²) in [7, 11) is 0. The lowest BCUT2D eigenvalue weighted by Gasteiger charge is -2.15. The van der Waals surface area contributed by atoms with Crippen molar-refractivity contribution < 1.29 is 15.3 Å². The molecule has 0 saturated carbocycles. The van der Waals surface area contributed by atoms with Crippen LogP contribution < -0.4 is 5.32 Å². The molecule has 4 N–H and O–H groups in total. The topological polar surface area (TPSA) is 72.7 Å². The summed E-state index contributed by atoms with van der Waals surface area (Å²) < 4.78 is 0. The van der Waals surface area contributed by atoms with Gasteiger partial charge >= 0.3 is 0 Å². The quantitative estimate of drug-likeness (QED) is 0.525. The lowest BCUT2D eigenvalue weighted by atomic mass is 10.0. The van der Waals surface area contributed by atoms with Gasteiger partial charge in [-0.1, -0.05) is 30.3 Å². The molecule has 1 aromatic rings. The Labute approximate surface area is 88.2 Å². The number of aliphatic hydroxyl groups is 3. The molecule has 15 heavy (non-hydrogen) atoms. The van der Waals surface area contributed by atoms with Gasteiger partial charge < -0.3 is 20.6 Å². The maximum Gasteiger partial charge on any atom is 0.101 e. The van der Waals surface area contributed by atoms with Crippen LogP contribution in [0.3, 0.4) is 0 Å². The van der Waals surface area contributed by atoms with Crippen LogP contribution in [0, 0.1) is 0 Å². The molecule has 1 heterocycles. The largest absolute Gasteiger partial charge is 0.395 e. The van der Waals surface area contributed by atoms with Crippen LogP contribution in [0.5, 0.6) is 0 Å². The zero-order chi connectivity index (χ0) is 10.8. The highest BCUT2D eigenvalue weighted by molar-refractivity contribution is 5.23. The first-order chi connectivity index (χ1) is 7.24. The molecule has 0 amide bonds. The zero-order valence-electron chi connectivity index (χ0n) is 8.24. The van der Waals surface area contributed by atoms with Gasteiger partial charge in [0.05, 0.1) is 24.8 Å². The van der Waals surface area contributed by atoms with Gasteiger partial charge in [0, 0.05) is 0 Å². The van der Waals surface area contributed by atoms with Crippen LogP contribution in [0.15, 0.2) is 30.3 Å². The van der Waals surface area contributed by atoms with E-state index < -0.39 is 18.2 Å². The van der Waals surface area contributed by atoms with Gasteiger partial charge in [0.25, 0.3) is 0 Å². The highest BCUT2D eigenvalue weighted by atomic mass is 16.3. The van der Waals surface area contributed by atoms with Crippen LogP contribution in [0.2, 0.25) is 0 Å². The van der Waals surface area contributed by atoms with Crippen LogP contribution in [0.25, 0.3) is 0 Å². The molecule has 1 aromatic carbocycles. The minimum Gasteiger partial charge on any atom is -0.395 e. The highest BCUT2D eigenvalue weighted by Crippen LogP contribution is 2.27. The molecule has 1 fully saturated rings. The Morgan fingerprint density at radius 1 is 1.07 bits per heavy atom. The van der Waals surface area contributed by atoms with Crippen molar-refractivity contribution in [3.05, 3.63) is 35.9 Å². The Bertz CT molecular complexity index is 317. The van der Waals surface area contributed by atoms with Gasteiger partial charge in [-0.2, -0.15) is 0 Å². The number of nitrogens with one attached hydrogen (secondary N) is 1. The molecule has 82 valence electrons. The van der Waals surface area contributed by atoms with Gasteiger partial charge in [-0.25, -0.2) is 0 Å². The summed E-state index contributed by atoms with van der Waals surface area (Å²) in [4.78, 5) is 0. The highest BCUT2D eigenvalue weighted by Gasteiger charge is 2.40. The van der Waals surface area contributed by atoms with Crippen molar-refractivity contribution in [1.29, 1.82) is 0 Å². The predicted octanol–water partition coefficient (Wildman–Crippen LogP) is -0.586. The Balaban J connectivity index is 2.19. The summed E-state index contributed by atoms with van der Waals surface area (Å²) in [6, 6.07) is 8.65. The summed E-state index contributed by atoms with van der Waals surface area (Å²) in [6.45, 7) is -0.179. The van der Waals surface area contributed by atoms with Crippen LogP contribution in [-0.4, -0.2) is 40.2 Å². The Morgan fingerprint density at radius 2 is 1.73 bits per heavy atom. The molecular formula is C11H15NO3. The first-order valence-corrected chi connectivity index (χ1v) is 5.02. The number of hydrogen-bond acceptors (Lipinski definition) is 4. The van der Waals surface area contributed by atoms with Gasteiger partial charge in [-0.3, -0.25) is 0 Å². The minimum absolute atomic E-state index is 0.179. The number of rotatable bonds is 2. The minimum atomic E-state index is -0.916. The summed E-state index contributed by atoms with van der Waals surface area (Å²) in [6.07, 6.45) is -1.79. The summed E-state index contributed by atoms with van der Waals surface area (Å²) >= 11 is 0. The van der Waals surface area contributed by atoms with Crippen molar-refractivity contribution in [2.24, 2.45) is 0 Å². The zero-order valence-corrected chi connectivity index (χ0v) is 8.24. The molecule has 2 rings (SSSR count). The molecule has 0 radical (unpaired) electrons. The third-order valence-electron chi connectivity index (χ3n) is 2.85. The first-order valence-electron chi connectivity index (χ1n) is 5.02. The Morgan fingerprint density at radius 3 is 2.27 bits per heavy atom. The molecule has 0 bridgehead atoms. The number of hydrogen-bond donors (Lipinski definition) is 4. The molecule has 1 saturated heterocycles. The average molecular weight is 209 g/mol. The van der Waals surface area contributed by atoms with Gasteiger partial charge in [-0.05, 0) is 5.56 Å². The third-order valence-corrected chi connectivity index (χ3v) is 2.85. The molecule has 4 heteroatoms. The maximum absolute atomic E-state index is 9.79. The van der Waals surface area contributed by atoms with E-state index in [2.05, 4.69) is 5.32 Å². The van der Waals surface area contributed by atoms with E-state index in [-0.39, 0.29) is 12.6 Å². The van der Waals surface area contributed by atoms with Gasteiger partial charge in [-0.15, -0.1) is 0 Å². The van der Waals surface area contributed by atoms with Gasteiger partial charge in [0.2, 0.25) is 0 Å². The SMILES string of the molecule is OC[C@@H]1N[C@@H](c2ccccc2)[C@@H](O)[C@@H]1O. The van der Waals surface area contributed by atoms with Crippen molar-refractivity contribution in [2.75, 3.05) is 6.61 Å². The summed E-state index contributed by atoms with van der Waals surface area (Å²) in [5.41, 5.74) is 0.917. The second-order valence-electron chi connectivity index (χ2n) is 3.83. The fourth-order valence-corrected chi connectivity index (χ4v) is 1.98. The number of benzene rings is 1. The summed E-state index contributed by atoms with van der Waals surface area (Å²) in [5.74, 6) is 0. The lowest BCUT2D eigenvalue weighted by molar-refractivity contribution is 0.0194. The molecule has 1 aliphatic rings.